The van der Waals surface area contributed by atoms with Crippen LogP contribution in [0.15, 0.2) is 30.3 Å². The van der Waals surface area contributed by atoms with Crippen molar-refractivity contribution in [1.29, 1.82) is 0 Å². The minimum absolute atomic E-state index is 0.0586. The van der Waals surface area contributed by atoms with Crippen molar-refractivity contribution in [3.8, 4) is 0 Å². The van der Waals surface area contributed by atoms with Crippen LogP contribution in [0, 0.1) is 0 Å². The maximum absolute atomic E-state index is 6.47. The van der Waals surface area contributed by atoms with Gasteiger partial charge in [0.2, 0.25) is 0 Å². The standard InChI is InChI=1S/C15H27N2OPSSi/c1-12(2)17-13(3)15(14-10-8-7-9-11-14)18-19(17,20)16-21(4,5)6/h7-13,15H,1-6H3,(H,16,20)/t13-,15-,19?/m0/s1. The summed E-state index contributed by atoms with van der Waals surface area (Å²) in [5, 5.41) is 0. The Morgan fingerprint density at radius 3 is 2.29 bits per heavy atom. The van der Waals surface area contributed by atoms with Gasteiger partial charge in [0.15, 0.2) is 6.57 Å². The zero-order valence-electron chi connectivity index (χ0n) is 13.8. The molecule has 1 fully saturated rings. The predicted octanol–water partition coefficient (Wildman–Crippen LogP) is 4.51. The molecule has 0 aromatic heterocycles. The smallest absolute Gasteiger partial charge is 0.195 e. The molecule has 1 heterocycles. The molecule has 1 N–H and O–H groups in total. The topological polar surface area (TPSA) is 24.5 Å². The normalized spacial score (nSPS) is 31.0. The summed E-state index contributed by atoms with van der Waals surface area (Å²) in [5.41, 5.74) is 1.22. The second-order valence-corrected chi connectivity index (χ2v) is 15.6. The first-order valence-corrected chi connectivity index (χ1v) is 13.7. The fourth-order valence-electron chi connectivity index (χ4n) is 2.94. The molecule has 118 valence electrons. The van der Waals surface area contributed by atoms with Crippen LogP contribution in [0.4, 0.5) is 0 Å². The third-order valence-corrected chi connectivity index (χ3v) is 11.0. The predicted molar refractivity (Wildman–Crippen MR) is 97.5 cm³/mol. The van der Waals surface area contributed by atoms with Crippen LogP contribution in [0.1, 0.15) is 32.4 Å². The minimum Gasteiger partial charge on any atom is -0.317 e. The molecule has 1 aliphatic rings. The molecular formula is C15H27N2OPSSi. The molecule has 1 aromatic carbocycles. The van der Waals surface area contributed by atoms with Crippen molar-refractivity contribution >= 4 is 26.6 Å². The van der Waals surface area contributed by atoms with Gasteiger partial charge in [-0.25, -0.2) is 4.67 Å². The maximum Gasteiger partial charge on any atom is 0.195 e. The van der Waals surface area contributed by atoms with Crippen molar-refractivity contribution in [3.63, 3.8) is 0 Å². The van der Waals surface area contributed by atoms with Crippen LogP contribution in [0.25, 0.3) is 0 Å². The average molecular weight is 343 g/mol. The Kier molecular flexibility index (Phi) is 5.14. The molecule has 0 bridgehead atoms. The molecule has 2 rings (SSSR count). The number of nitrogens with one attached hydrogen (secondary N) is 1. The van der Waals surface area contributed by atoms with Crippen LogP contribution in [0.3, 0.4) is 0 Å². The Balaban J connectivity index is 2.36. The van der Waals surface area contributed by atoms with Gasteiger partial charge in [-0.1, -0.05) is 50.0 Å². The number of nitrogens with zero attached hydrogens (tertiary/aromatic N) is 1. The lowest BCUT2D eigenvalue weighted by atomic mass is 10.0. The van der Waals surface area contributed by atoms with Gasteiger partial charge < -0.3 is 4.52 Å². The van der Waals surface area contributed by atoms with Gasteiger partial charge in [0, 0.05) is 12.1 Å². The Morgan fingerprint density at radius 2 is 1.81 bits per heavy atom. The first-order chi connectivity index (χ1) is 9.64. The fraction of sp³-hybridized carbons (Fsp3) is 0.600. The molecule has 1 aliphatic heterocycles. The second-order valence-electron chi connectivity index (χ2n) is 7.03. The highest BCUT2D eigenvalue weighted by molar-refractivity contribution is 8.10. The van der Waals surface area contributed by atoms with Crippen molar-refractivity contribution in [3.05, 3.63) is 35.9 Å². The van der Waals surface area contributed by atoms with Crippen LogP contribution >= 0.6 is 6.57 Å². The van der Waals surface area contributed by atoms with E-state index in [1.54, 1.807) is 0 Å². The van der Waals surface area contributed by atoms with Crippen molar-refractivity contribution in [1.82, 2.24) is 9.42 Å². The van der Waals surface area contributed by atoms with Gasteiger partial charge in [0.25, 0.3) is 0 Å². The Morgan fingerprint density at radius 1 is 1.24 bits per heavy atom. The monoisotopic (exact) mass is 342 g/mol. The summed E-state index contributed by atoms with van der Waals surface area (Å²) >= 11 is 6.01. The van der Waals surface area contributed by atoms with E-state index in [1.807, 2.05) is 6.07 Å². The zero-order valence-corrected chi connectivity index (χ0v) is 16.5. The molecule has 3 atom stereocenters. The lowest BCUT2D eigenvalue weighted by Gasteiger charge is -2.36. The van der Waals surface area contributed by atoms with Crippen LogP contribution in [0.2, 0.25) is 19.6 Å². The zero-order chi connectivity index (χ0) is 15.8. The highest BCUT2D eigenvalue weighted by Crippen LogP contribution is 2.61. The van der Waals surface area contributed by atoms with Gasteiger partial charge in [0.05, 0.1) is 0 Å². The molecular weight excluding hydrogens is 315 g/mol. The number of rotatable bonds is 4. The van der Waals surface area contributed by atoms with Gasteiger partial charge in [-0.15, -0.1) is 0 Å². The summed E-state index contributed by atoms with van der Waals surface area (Å²) in [5.74, 6) is 0. The Hall–Kier alpha value is -0.0331. The molecule has 0 saturated carbocycles. The van der Waals surface area contributed by atoms with Gasteiger partial charge >= 0.3 is 0 Å². The van der Waals surface area contributed by atoms with Crippen LogP contribution in [0.5, 0.6) is 0 Å². The molecule has 1 saturated heterocycles. The first-order valence-electron chi connectivity index (χ1n) is 7.56. The van der Waals surface area contributed by atoms with Crippen molar-refractivity contribution in [2.24, 2.45) is 0 Å². The SMILES string of the molecule is CC(C)N1[C@@H](C)[C@@H](c2ccccc2)OP1(=S)N[Si](C)(C)C. The first kappa shape index (κ1) is 17.3. The van der Waals surface area contributed by atoms with E-state index < -0.39 is 14.8 Å². The maximum atomic E-state index is 6.47. The van der Waals surface area contributed by atoms with Gasteiger partial charge in [0.1, 0.15) is 14.3 Å². The fourth-order valence-corrected chi connectivity index (χ4v) is 12.7. The summed E-state index contributed by atoms with van der Waals surface area (Å²) in [6.07, 6.45) is 0.0586. The molecule has 1 unspecified atom stereocenters. The van der Waals surface area contributed by atoms with Crippen LogP contribution < -0.4 is 4.75 Å². The molecule has 0 spiro atoms. The quantitative estimate of drug-likeness (QED) is 0.643. The largest absolute Gasteiger partial charge is 0.317 e. The highest BCUT2D eigenvalue weighted by Gasteiger charge is 2.47. The average Bonchev–Trinajstić information content (AvgIpc) is 2.59. The van der Waals surface area contributed by atoms with E-state index in [-0.39, 0.29) is 6.10 Å². The van der Waals surface area contributed by atoms with Crippen molar-refractivity contribution in [2.45, 2.75) is 58.6 Å². The van der Waals surface area contributed by atoms with E-state index in [2.05, 4.69) is 74.1 Å². The number of benzene rings is 1. The molecule has 21 heavy (non-hydrogen) atoms. The van der Waals surface area contributed by atoms with E-state index in [1.165, 1.54) is 5.56 Å². The van der Waals surface area contributed by atoms with E-state index in [0.29, 0.717) is 12.1 Å². The van der Waals surface area contributed by atoms with Crippen LogP contribution in [-0.2, 0) is 16.3 Å². The second kappa shape index (κ2) is 6.23. The Bertz CT molecular complexity index is 532. The Labute approximate surface area is 135 Å². The third-order valence-electron chi connectivity index (χ3n) is 3.55. The van der Waals surface area contributed by atoms with Gasteiger partial charge in [-0.2, -0.15) is 0 Å². The molecule has 0 aliphatic carbocycles. The van der Waals surface area contributed by atoms with Gasteiger partial charge in [-0.3, -0.25) is 4.75 Å². The highest BCUT2D eigenvalue weighted by atomic mass is 32.5. The molecule has 0 amide bonds. The molecule has 0 radical (unpaired) electrons. The van der Waals surface area contributed by atoms with Crippen molar-refractivity contribution < 1.29 is 4.52 Å². The third kappa shape index (κ3) is 3.84. The molecule has 3 nitrogen and oxygen atoms in total. The number of hydrogen-bond donors (Lipinski definition) is 1. The summed E-state index contributed by atoms with van der Waals surface area (Å²) in [7, 11) is -1.51. The molecule has 6 heteroatoms. The van der Waals surface area contributed by atoms with E-state index in [9.17, 15) is 0 Å². The summed E-state index contributed by atoms with van der Waals surface area (Å²) < 4.78 is 12.6. The summed E-state index contributed by atoms with van der Waals surface area (Å²) in [6.45, 7) is 11.3. The van der Waals surface area contributed by atoms with E-state index in [4.69, 9.17) is 16.3 Å². The summed E-state index contributed by atoms with van der Waals surface area (Å²) in [4.78, 5) is 0. The minimum atomic E-state index is -2.16. The van der Waals surface area contributed by atoms with Crippen molar-refractivity contribution in [2.75, 3.05) is 0 Å². The lowest BCUT2D eigenvalue weighted by molar-refractivity contribution is 0.199. The lowest BCUT2D eigenvalue weighted by Crippen LogP contribution is -2.44. The summed E-state index contributed by atoms with van der Waals surface area (Å²) in [6, 6.07) is 11.1. The van der Waals surface area contributed by atoms with Gasteiger partial charge in [-0.05, 0) is 38.1 Å². The molecule has 1 aromatic rings. The van der Waals surface area contributed by atoms with E-state index >= 15 is 0 Å². The van der Waals surface area contributed by atoms with Crippen LogP contribution in [-0.4, -0.2) is 25.0 Å². The number of hydrogen-bond acceptors (Lipinski definition) is 2. The van der Waals surface area contributed by atoms with E-state index in [0.717, 1.165) is 0 Å².